The average Bonchev–Trinajstić information content (AvgIpc) is 3.04. The highest BCUT2D eigenvalue weighted by molar-refractivity contribution is 7.08. The number of hydrogen-bond donors (Lipinski definition) is 0. The lowest BCUT2D eigenvalue weighted by Crippen LogP contribution is -2.06. The van der Waals surface area contributed by atoms with Crippen LogP contribution >= 0.6 is 11.5 Å². The van der Waals surface area contributed by atoms with E-state index in [9.17, 15) is 13.6 Å². The van der Waals surface area contributed by atoms with E-state index in [2.05, 4.69) is 9.59 Å². The van der Waals surface area contributed by atoms with Gasteiger partial charge in [0.05, 0.1) is 6.61 Å². The molecule has 1 aromatic carbocycles. The Hall–Kier alpha value is -2.15. The highest BCUT2D eigenvalue weighted by atomic mass is 32.1. The summed E-state index contributed by atoms with van der Waals surface area (Å²) in [5, 5.41) is 3.97. The molecular weight excluding hydrogens is 322 g/mol. The molecule has 2 rings (SSSR count). The van der Waals surface area contributed by atoms with Gasteiger partial charge in [-0.2, -0.15) is 8.78 Å². The molecule has 0 atom stereocenters. The third kappa shape index (κ3) is 4.92. The maximum Gasteiger partial charge on any atom is 0.352 e. The molecule has 122 valence electrons. The molecule has 0 saturated carbocycles. The zero-order valence-corrected chi connectivity index (χ0v) is 13.4. The van der Waals surface area contributed by atoms with Gasteiger partial charge in [-0.05, 0) is 43.3 Å². The Morgan fingerprint density at radius 2 is 1.96 bits per heavy atom. The van der Waals surface area contributed by atoms with E-state index < -0.39 is 12.0 Å². The molecular formula is C16H16F2N2O2S. The fraction of sp³-hybridized carbons (Fsp3) is 0.312. The van der Waals surface area contributed by atoms with Crippen molar-refractivity contribution in [2.75, 3.05) is 6.61 Å². The Morgan fingerprint density at radius 1 is 1.22 bits per heavy atom. The van der Waals surface area contributed by atoms with Crippen molar-refractivity contribution in [1.82, 2.24) is 9.59 Å². The minimum atomic E-state index is -1.63. The van der Waals surface area contributed by atoms with Crippen LogP contribution in [0.25, 0.3) is 11.3 Å². The van der Waals surface area contributed by atoms with Gasteiger partial charge in [-0.1, -0.05) is 34.8 Å². The van der Waals surface area contributed by atoms with E-state index in [0.717, 1.165) is 17.1 Å². The van der Waals surface area contributed by atoms with Crippen LogP contribution in [0.15, 0.2) is 42.0 Å². The number of carbonyl (C=O) groups excluding carboxylic acids is 1. The third-order valence-electron chi connectivity index (χ3n) is 3.22. The summed E-state index contributed by atoms with van der Waals surface area (Å²) in [6, 6.07) is 9.26. The van der Waals surface area contributed by atoms with Crippen molar-refractivity contribution in [3.63, 3.8) is 0 Å². The van der Waals surface area contributed by atoms with Gasteiger partial charge in [-0.15, -0.1) is 5.10 Å². The summed E-state index contributed by atoms with van der Waals surface area (Å²) in [6.07, 6.45) is -0.256. The monoisotopic (exact) mass is 338 g/mol. The van der Waals surface area contributed by atoms with Crippen LogP contribution in [0, 0.1) is 0 Å². The highest BCUT2D eigenvalue weighted by Crippen LogP contribution is 2.24. The molecule has 0 radical (unpaired) electrons. The zero-order chi connectivity index (χ0) is 16.7. The molecule has 0 amide bonds. The second kappa shape index (κ2) is 8.47. The summed E-state index contributed by atoms with van der Waals surface area (Å²) in [7, 11) is 0. The SMILES string of the molecule is CC(CCCCOC(=O)c1snnc1-c1ccccc1)=C(F)F. The van der Waals surface area contributed by atoms with E-state index in [1.54, 1.807) is 0 Å². The van der Waals surface area contributed by atoms with Gasteiger partial charge in [0.15, 0.2) is 4.88 Å². The fourth-order valence-corrected chi connectivity index (χ4v) is 2.51. The van der Waals surface area contributed by atoms with E-state index >= 15 is 0 Å². The van der Waals surface area contributed by atoms with E-state index in [-0.39, 0.29) is 12.2 Å². The molecule has 0 N–H and O–H groups in total. The summed E-state index contributed by atoms with van der Waals surface area (Å²) in [4.78, 5) is 12.4. The van der Waals surface area contributed by atoms with Gasteiger partial charge in [-0.3, -0.25) is 0 Å². The molecule has 1 aromatic heterocycles. The van der Waals surface area contributed by atoms with Gasteiger partial charge < -0.3 is 4.74 Å². The maximum atomic E-state index is 12.2. The lowest BCUT2D eigenvalue weighted by atomic mass is 10.1. The van der Waals surface area contributed by atoms with Crippen molar-refractivity contribution in [3.8, 4) is 11.3 Å². The van der Waals surface area contributed by atoms with Gasteiger partial charge in [0.25, 0.3) is 6.08 Å². The largest absolute Gasteiger partial charge is 0.461 e. The van der Waals surface area contributed by atoms with Crippen molar-refractivity contribution < 1.29 is 18.3 Å². The number of hydrogen-bond acceptors (Lipinski definition) is 5. The number of carbonyl (C=O) groups is 1. The second-order valence-electron chi connectivity index (χ2n) is 4.95. The number of ether oxygens (including phenoxy) is 1. The molecule has 23 heavy (non-hydrogen) atoms. The lowest BCUT2D eigenvalue weighted by molar-refractivity contribution is 0.0504. The maximum absolute atomic E-state index is 12.2. The first-order chi connectivity index (χ1) is 11.1. The van der Waals surface area contributed by atoms with Gasteiger partial charge in [-0.25, -0.2) is 4.79 Å². The van der Waals surface area contributed by atoms with Crippen LogP contribution in [0.4, 0.5) is 8.78 Å². The average molecular weight is 338 g/mol. The first kappa shape index (κ1) is 17.2. The van der Waals surface area contributed by atoms with Gasteiger partial charge >= 0.3 is 5.97 Å². The van der Waals surface area contributed by atoms with Crippen molar-refractivity contribution in [2.24, 2.45) is 0 Å². The molecule has 0 unspecified atom stereocenters. The Morgan fingerprint density at radius 3 is 2.65 bits per heavy atom. The Bertz CT molecular complexity index is 682. The molecule has 0 aliphatic carbocycles. The molecule has 1 heterocycles. The number of esters is 1. The predicted molar refractivity (Wildman–Crippen MR) is 84.4 cm³/mol. The van der Waals surface area contributed by atoms with Crippen LogP contribution in [0.5, 0.6) is 0 Å². The normalized spacial score (nSPS) is 10.4. The molecule has 0 bridgehead atoms. The van der Waals surface area contributed by atoms with E-state index in [1.807, 2.05) is 30.3 Å². The molecule has 2 aromatic rings. The standard InChI is InChI=1S/C16H16F2N2O2S/c1-11(15(17)18)7-5-6-10-22-16(21)14-13(19-20-23-14)12-8-3-2-4-9-12/h2-4,8-9H,5-7,10H2,1H3. The Labute approximate surface area is 137 Å². The van der Waals surface area contributed by atoms with Crippen molar-refractivity contribution in [2.45, 2.75) is 26.2 Å². The first-order valence-corrected chi connectivity index (χ1v) is 7.92. The quantitative estimate of drug-likeness (QED) is 0.542. The number of allylic oxidation sites excluding steroid dienone is 1. The molecule has 7 heteroatoms. The summed E-state index contributed by atoms with van der Waals surface area (Å²) in [5.41, 5.74) is 1.38. The molecule has 4 nitrogen and oxygen atoms in total. The van der Waals surface area contributed by atoms with Crippen LogP contribution in [0.3, 0.4) is 0 Å². The minimum absolute atomic E-state index is 0.0781. The van der Waals surface area contributed by atoms with Crippen LogP contribution in [-0.2, 0) is 4.74 Å². The van der Waals surface area contributed by atoms with Crippen LogP contribution in [-0.4, -0.2) is 22.2 Å². The number of halogens is 2. The highest BCUT2D eigenvalue weighted by Gasteiger charge is 2.18. The van der Waals surface area contributed by atoms with Gasteiger partial charge in [0.1, 0.15) is 5.69 Å². The Kier molecular flexibility index (Phi) is 6.34. The van der Waals surface area contributed by atoms with Crippen LogP contribution in [0.2, 0.25) is 0 Å². The summed E-state index contributed by atoms with van der Waals surface area (Å²) < 4.78 is 33.5. The summed E-state index contributed by atoms with van der Waals surface area (Å²) in [6.45, 7) is 1.59. The molecule has 0 aliphatic heterocycles. The van der Waals surface area contributed by atoms with Crippen molar-refractivity contribution in [1.29, 1.82) is 0 Å². The molecule has 0 fully saturated rings. The third-order valence-corrected chi connectivity index (χ3v) is 3.93. The minimum Gasteiger partial charge on any atom is -0.461 e. The van der Waals surface area contributed by atoms with Gasteiger partial charge in [0, 0.05) is 5.56 Å². The second-order valence-corrected chi connectivity index (χ2v) is 5.70. The molecule has 0 spiro atoms. The number of benzene rings is 1. The van der Waals surface area contributed by atoms with Crippen LogP contribution < -0.4 is 0 Å². The molecule has 0 saturated heterocycles. The number of nitrogens with zero attached hydrogens (tertiary/aromatic N) is 2. The zero-order valence-electron chi connectivity index (χ0n) is 12.6. The number of aromatic nitrogens is 2. The van der Waals surface area contributed by atoms with Crippen LogP contribution in [0.1, 0.15) is 35.9 Å². The summed E-state index contributed by atoms with van der Waals surface area (Å²) >= 11 is 0.983. The fourth-order valence-electron chi connectivity index (χ4n) is 1.93. The van der Waals surface area contributed by atoms with Crippen molar-refractivity contribution >= 4 is 17.5 Å². The first-order valence-electron chi connectivity index (χ1n) is 7.15. The van der Waals surface area contributed by atoms with Crippen molar-refractivity contribution in [3.05, 3.63) is 46.9 Å². The summed E-state index contributed by atoms with van der Waals surface area (Å²) in [5.74, 6) is -0.484. The number of rotatable bonds is 7. The number of unbranched alkanes of at least 4 members (excludes halogenated alkanes) is 1. The van der Waals surface area contributed by atoms with E-state index in [1.165, 1.54) is 6.92 Å². The van der Waals surface area contributed by atoms with Gasteiger partial charge in [0.2, 0.25) is 0 Å². The topological polar surface area (TPSA) is 52.1 Å². The predicted octanol–water partition coefficient (Wildman–Crippen LogP) is 4.70. The Balaban J connectivity index is 1.86. The van der Waals surface area contributed by atoms with E-state index in [4.69, 9.17) is 4.74 Å². The lowest BCUT2D eigenvalue weighted by Gasteiger charge is -2.04. The molecule has 0 aliphatic rings. The van der Waals surface area contributed by atoms with E-state index in [0.29, 0.717) is 29.8 Å². The smallest absolute Gasteiger partial charge is 0.352 e.